The minimum Gasteiger partial charge on any atom is -0.457 e. The number of rotatable bonds is 33. The van der Waals surface area contributed by atoms with Crippen LogP contribution in [0, 0.1) is 32.6 Å². The summed E-state index contributed by atoms with van der Waals surface area (Å²) in [6, 6.07) is 20.7. The first-order chi connectivity index (χ1) is 49.6. The van der Waals surface area contributed by atoms with Crippen molar-refractivity contribution in [2.24, 2.45) is 11.8 Å². The lowest BCUT2D eigenvalue weighted by molar-refractivity contribution is -0.162. The van der Waals surface area contributed by atoms with Gasteiger partial charge in [-0.15, -0.1) is 11.8 Å². The Hall–Kier alpha value is -7.43. The number of thioether (sulfide) groups is 1. The summed E-state index contributed by atoms with van der Waals surface area (Å²) in [7, 11) is -3.71. The number of Topliss-reactive ketones (excluding diaryl/α,β-unsaturated/α-hetero) is 3. The number of hydrogen-bond acceptors (Lipinski definition) is 20. The number of nitrogens with one attached hydrogen (secondary N) is 1. The highest BCUT2D eigenvalue weighted by molar-refractivity contribution is 8.00. The van der Waals surface area contributed by atoms with Crippen LogP contribution >= 0.6 is 23.4 Å². The SMILES string of the molecule is CO[C@@H]1/C=C/C=C(\C)Cc2cc(C)c(Cl)c(c2)N(C)C(=O)C[C@H](OC(=O)[C@H](C)N(C)C(=O)CCSC2CC(=O)N(CCCCCC(=O)CCCOCCCCCC(=O)c3ccc(C(=O)C(CS(=O)(=O)c4ccc(C)cc4)CS(=O)(=O)c4ccc(C)cc4)cc3)C2=O)[C@]2(C)O[C@H]2[C@H](C)[C@@H]2C[C@@]1(O)NC(=O)O2. The molecule has 9 atom stereocenters. The number of ether oxygens (including phenoxy) is 5. The molecule has 0 saturated carbocycles. The van der Waals surface area contributed by atoms with Gasteiger partial charge in [0.25, 0.3) is 0 Å². The fraction of sp³-hybridized carbons (Fsp3) is 0.526. The predicted molar refractivity (Wildman–Crippen MR) is 398 cm³/mol. The smallest absolute Gasteiger partial charge is 0.409 e. The number of halogens is 1. The number of ketones is 3. The van der Waals surface area contributed by atoms with Gasteiger partial charge in [-0.25, -0.2) is 26.4 Å². The van der Waals surface area contributed by atoms with Crippen LogP contribution < -0.4 is 10.2 Å². The van der Waals surface area contributed by atoms with E-state index >= 15 is 0 Å². The number of benzene rings is 4. The Morgan fingerprint density at radius 2 is 1.38 bits per heavy atom. The molecule has 0 spiro atoms. The van der Waals surface area contributed by atoms with Gasteiger partial charge in [0.05, 0.1) is 55.7 Å². The second-order valence-corrected chi connectivity index (χ2v) is 34.1. The number of sulfone groups is 2. The van der Waals surface area contributed by atoms with Gasteiger partial charge in [-0.1, -0.05) is 121 Å². The van der Waals surface area contributed by atoms with E-state index in [9.17, 15) is 65.1 Å². The van der Waals surface area contributed by atoms with Crippen molar-refractivity contribution in [3.63, 3.8) is 0 Å². The summed E-state index contributed by atoms with van der Waals surface area (Å²) >= 11 is 8.04. The molecule has 0 aromatic heterocycles. The molecule has 0 aliphatic carbocycles. The number of fused-ring (bicyclic) bond motifs is 5. The molecule has 0 radical (unpaired) electrons. The largest absolute Gasteiger partial charge is 0.457 e. The van der Waals surface area contributed by atoms with Crippen LogP contribution in [0.15, 0.2) is 119 Å². The molecule has 4 aliphatic heterocycles. The average Bonchev–Trinajstić information content (AvgIpc) is 1.57. The fourth-order valence-electron chi connectivity index (χ4n) is 13.4. The molecule has 3 saturated heterocycles. The number of esters is 1. The number of epoxide rings is 1. The lowest BCUT2D eigenvalue weighted by atomic mass is 9.83. The van der Waals surface area contributed by atoms with Crippen LogP contribution in [0.25, 0.3) is 0 Å². The lowest BCUT2D eigenvalue weighted by Gasteiger charge is -2.42. The quantitative estimate of drug-likeness (QED) is 0.0147. The van der Waals surface area contributed by atoms with Crippen LogP contribution in [-0.4, -0.2) is 190 Å². The van der Waals surface area contributed by atoms with Gasteiger partial charge in [0.1, 0.15) is 35.7 Å². The predicted octanol–water partition coefficient (Wildman–Crippen LogP) is 10.8. The Bertz CT molecular complexity index is 4050. The van der Waals surface area contributed by atoms with E-state index in [0.717, 1.165) is 27.8 Å². The number of amides is 5. The van der Waals surface area contributed by atoms with Crippen molar-refractivity contribution in [2.75, 3.05) is 63.1 Å². The van der Waals surface area contributed by atoms with Crippen molar-refractivity contribution in [2.45, 2.75) is 202 Å². The first-order valence-corrected chi connectivity index (χ1v) is 40.5. The molecule has 3 fully saturated rings. The number of aliphatic hydroxyl groups is 1. The molecule has 4 aromatic carbocycles. The summed E-state index contributed by atoms with van der Waals surface area (Å²) in [5.74, 6) is -6.44. The van der Waals surface area contributed by atoms with Crippen molar-refractivity contribution in [3.8, 4) is 0 Å². The number of imide groups is 1. The molecule has 1 unspecified atom stereocenters. The summed E-state index contributed by atoms with van der Waals surface area (Å²) in [6.07, 6.45) is 5.55. The van der Waals surface area contributed by atoms with E-state index < -0.39 is 120 Å². The number of allylic oxidation sites excluding steroid dienone is 3. The fourth-order valence-corrected chi connectivity index (χ4v) is 18.0. The van der Waals surface area contributed by atoms with Gasteiger partial charge >= 0.3 is 12.1 Å². The van der Waals surface area contributed by atoms with E-state index in [2.05, 4.69) is 5.32 Å². The van der Waals surface area contributed by atoms with Gasteiger partial charge in [0.2, 0.25) is 23.6 Å². The van der Waals surface area contributed by atoms with Crippen LogP contribution in [0.1, 0.15) is 161 Å². The van der Waals surface area contributed by atoms with Crippen molar-refractivity contribution < 1.29 is 88.8 Å². The second-order valence-electron chi connectivity index (χ2n) is 28.3. The van der Waals surface area contributed by atoms with E-state index in [4.69, 9.17) is 35.3 Å². The molecule has 4 aliphatic rings. The van der Waals surface area contributed by atoms with Crippen LogP contribution in [0.2, 0.25) is 5.02 Å². The highest BCUT2D eigenvalue weighted by atomic mass is 35.5. The summed E-state index contributed by atoms with van der Waals surface area (Å²) in [4.78, 5) is 125. The number of anilines is 1. The van der Waals surface area contributed by atoms with Crippen molar-refractivity contribution >= 4 is 102 Å². The molecule has 5 amide bonds. The Labute approximate surface area is 625 Å². The molecule has 27 heteroatoms. The maximum absolute atomic E-state index is 14.4. The molecule has 4 heterocycles. The number of nitrogens with zero attached hydrogens (tertiary/aromatic N) is 3. The zero-order valence-electron chi connectivity index (χ0n) is 61.5. The number of carbonyl (C=O) groups excluding carboxylic acids is 9. The number of aryl methyl sites for hydroxylation is 3. The van der Waals surface area contributed by atoms with E-state index in [1.54, 1.807) is 71.2 Å². The number of unbranched alkanes of at least 4 members (excludes halogenated alkanes) is 4. The van der Waals surface area contributed by atoms with Gasteiger partial charge in [0.15, 0.2) is 37.0 Å². The van der Waals surface area contributed by atoms with Crippen LogP contribution in [0.3, 0.4) is 0 Å². The molecule has 105 heavy (non-hydrogen) atoms. The highest BCUT2D eigenvalue weighted by Crippen LogP contribution is 2.49. The first-order valence-electron chi connectivity index (χ1n) is 35.7. The summed E-state index contributed by atoms with van der Waals surface area (Å²) in [5, 5.41) is 14.1. The van der Waals surface area contributed by atoms with Gasteiger partial charge in [-0.3, -0.25) is 43.8 Å². The van der Waals surface area contributed by atoms with E-state index in [-0.39, 0.29) is 83.1 Å². The number of methoxy groups -OCH3 is 1. The minimum absolute atomic E-state index is 0.0224. The zero-order valence-corrected chi connectivity index (χ0v) is 64.7. The molecule has 23 nitrogen and oxygen atoms in total. The van der Waals surface area contributed by atoms with Crippen molar-refractivity contribution in [3.05, 3.63) is 147 Å². The first kappa shape index (κ1) is 83.2. The third kappa shape index (κ3) is 22.1. The summed E-state index contributed by atoms with van der Waals surface area (Å²) < 4.78 is 83.9. The Morgan fingerprint density at radius 3 is 2.02 bits per heavy atom. The van der Waals surface area contributed by atoms with Crippen LogP contribution in [0.5, 0.6) is 0 Å². The normalized spacial score (nSPS) is 23.4. The number of alkyl carbamates (subject to hydrolysis) is 1. The zero-order chi connectivity index (χ0) is 76.7. The van der Waals surface area contributed by atoms with Crippen molar-refractivity contribution in [1.82, 2.24) is 15.1 Å². The van der Waals surface area contributed by atoms with Gasteiger partial charge < -0.3 is 38.6 Å². The van der Waals surface area contributed by atoms with E-state index in [0.29, 0.717) is 93.7 Å². The van der Waals surface area contributed by atoms with Gasteiger partial charge in [-0.2, -0.15) is 0 Å². The third-order valence-corrected chi connectivity index (χ3v) is 25.5. The third-order valence-electron chi connectivity index (χ3n) is 20.1. The molecule has 2 N–H and O–H groups in total. The maximum Gasteiger partial charge on any atom is 0.409 e. The number of carbonyl (C=O) groups is 9. The number of likely N-dealkylation sites (N-methyl/N-ethyl adjacent to an activating group) is 1. The maximum atomic E-state index is 14.4. The molecular weight excluding hydrogens is 1430 g/mol. The van der Waals surface area contributed by atoms with Gasteiger partial charge in [0, 0.05) is 102 Å². The van der Waals surface area contributed by atoms with Crippen molar-refractivity contribution in [1.29, 1.82) is 0 Å². The molecule has 4 bridgehead atoms. The molecular formula is C78H99ClN4O19S3. The van der Waals surface area contributed by atoms with Crippen LogP contribution in [-0.2, 0) is 78.5 Å². The standard InChI is InChI=1S/C78H99ClN4O19S3/c1-49-24-32-60(33-25-49)104(94,95)47-58(48-105(96,97)61-34-26-50(2)27-35-61)72(89)57-30-28-56(29-31-57)63(85)22-14-12-16-38-99-39-18-21-59(84)20-13-11-15-37-83-70(88)44-65(74(83)90)103-40-36-68(86)81(8)54(6)75(91)101-67-45-69(87)82(9)62-43-55(42-52(4)71(62)79)41-51(3)19-17-23-66(98-10)78(93)46-64(100-76(92)80-78)53(5)73-77(67,7)102-73/h17,19,23-35,42-43,53-54,58,64-67,73,93H,11-16,18,20-22,36-41,44-48H2,1-10H3,(H,80,92)/b23-17+,51-19+/t53-,54+,64+,65?,66-,67+,73+,77+,78+/m1/s1. The summed E-state index contributed by atoms with van der Waals surface area (Å²) in [5.41, 5.74) is 1.88. The van der Waals surface area contributed by atoms with E-state index in [1.807, 2.05) is 32.1 Å². The minimum atomic E-state index is -4.08. The Kier molecular flexibility index (Phi) is 29.3. The molecule has 4 aromatic rings. The Balaban J connectivity index is 0.714. The average molecular weight is 1530 g/mol. The molecule has 570 valence electrons. The Morgan fingerprint density at radius 1 is 0.781 bits per heavy atom. The monoisotopic (exact) mass is 1530 g/mol. The number of likely N-dealkylation sites (tertiary alicyclic amines) is 1. The number of hydrogen-bond donors (Lipinski definition) is 2. The van der Waals surface area contributed by atoms with E-state index in [1.165, 1.54) is 96.1 Å². The molecule has 8 rings (SSSR count). The lowest BCUT2D eigenvalue weighted by Crippen LogP contribution is -2.63. The van der Waals surface area contributed by atoms with Crippen LogP contribution in [0.4, 0.5) is 10.5 Å². The highest BCUT2D eigenvalue weighted by Gasteiger charge is 2.64. The second kappa shape index (κ2) is 36.9. The van der Waals surface area contributed by atoms with Gasteiger partial charge in [-0.05, 0) is 122 Å². The topological polar surface area (TPSA) is 313 Å². The summed E-state index contributed by atoms with van der Waals surface area (Å²) in [6.45, 7) is 13.4.